The molecule has 1 aromatic rings. The zero-order valence-corrected chi connectivity index (χ0v) is 11.9. The Morgan fingerprint density at radius 1 is 1.32 bits per heavy atom. The van der Waals surface area contributed by atoms with Gasteiger partial charge in [-0.25, -0.2) is 0 Å². The molecule has 5 heteroatoms. The molecule has 0 bridgehead atoms. The van der Waals surface area contributed by atoms with E-state index in [9.17, 15) is 4.79 Å². The number of rotatable bonds is 8. The Balaban J connectivity index is 2.35. The van der Waals surface area contributed by atoms with Crippen molar-refractivity contribution in [2.45, 2.75) is 25.3 Å². The van der Waals surface area contributed by atoms with Crippen LogP contribution < -0.4 is 10.5 Å². The van der Waals surface area contributed by atoms with Crippen molar-refractivity contribution in [3.8, 4) is 5.75 Å². The lowest BCUT2D eigenvalue weighted by molar-refractivity contribution is -0.145. The minimum absolute atomic E-state index is 0.370. The van der Waals surface area contributed by atoms with Gasteiger partial charge in [-0.05, 0) is 37.0 Å². The van der Waals surface area contributed by atoms with Crippen LogP contribution in [0.1, 0.15) is 18.4 Å². The van der Waals surface area contributed by atoms with Gasteiger partial charge in [-0.3, -0.25) is 4.79 Å². The maximum atomic E-state index is 11.6. The molecule has 1 unspecified atom stereocenters. The third kappa shape index (κ3) is 5.94. The van der Waals surface area contributed by atoms with Crippen molar-refractivity contribution < 1.29 is 14.3 Å². The number of ether oxygens (including phenoxy) is 2. The maximum absolute atomic E-state index is 11.6. The first kappa shape index (κ1) is 15.8. The van der Waals surface area contributed by atoms with E-state index in [-0.39, 0.29) is 5.97 Å². The molecule has 1 rings (SSSR count). The second-order valence-corrected chi connectivity index (χ2v) is 4.60. The molecule has 106 valence electrons. The third-order valence-corrected chi connectivity index (χ3v) is 2.96. The van der Waals surface area contributed by atoms with Crippen LogP contribution >= 0.6 is 11.6 Å². The molecule has 1 atom stereocenters. The second-order valence-electron chi connectivity index (χ2n) is 4.22. The van der Waals surface area contributed by atoms with Gasteiger partial charge in [0.05, 0.1) is 13.7 Å². The monoisotopic (exact) mass is 285 g/mol. The van der Waals surface area contributed by atoms with Crippen LogP contribution in [0.4, 0.5) is 0 Å². The highest BCUT2D eigenvalue weighted by Crippen LogP contribution is 2.12. The minimum Gasteiger partial charge on any atom is -0.497 e. The summed E-state index contributed by atoms with van der Waals surface area (Å²) in [6.07, 6.45) is 2.06. The SMILES string of the molecule is COc1ccc(CC(N)C(=O)OCCCCCl)cc1. The number of hydrogen-bond donors (Lipinski definition) is 1. The Morgan fingerprint density at radius 2 is 2.00 bits per heavy atom. The number of carbonyl (C=O) groups excluding carboxylic acids is 1. The van der Waals surface area contributed by atoms with E-state index in [4.69, 9.17) is 26.8 Å². The predicted octanol–water partition coefficient (Wildman–Crippen LogP) is 2.13. The Bertz CT molecular complexity index is 381. The molecule has 2 N–H and O–H groups in total. The summed E-state index contributed by atoms with van der Waals surface area (Å²) < 4.78 is 10.1. The Labute approximate surface area is 118 Å². The molecule has 0 aliphatic heterocycles. The zero-order chi connectivity index (χ0) is 14.1. The average Bonchev–Trinajstić information content (AvgIpc) is 2.44. The van der Waals surface area contributed by atoms with Crippen LogP contribution in [0.3, 0.4) is 0 Å². The van der Waals surface area contributed by atoms with Gasteiger partial charge < -0.3 is 15.2 Å². The van der Waals surface area contributed by atoms with Crippen LogP contribution in [0.25, 0.3) is 0 Å². The summed E-state index contributed by atoms with van der Waals surface area (Å²) in [7, 11) is 1.61. The molecule has 0 aliphatic carbocycles. The van der Waals surface area contributed by atoms with Crippen LogP contribution in [-0.4, -0.2) is 31.6 Å². The summed E-state index contributed by atoms with van der Waals surface area (Å²) >= 11 is 5.54. The van der Waals surface area contributed by atoms with Crippen LogP contribution in [-0.2, 0) is 16.0 Å². The molecule has 0 aromatic heterocycles. The number of alkyl halides is 1. The second kappa shape index (κ2) is 8.77. The fourth-order valence-electron chi connectivity index (χ4n) is 1.58. The van der Waals surface area contributed by atoms with E-state index in [1.54, 1.807) is 7.11 Å². The molecule has 0 heterocycles. The van der Waals surface area contributed by atoms with Crippen LogP contribution in [0.5, 0.6) is 5.75 Å². The first-order chi connectivity index (χ1) is 9.17. The summed E-state index contributed by atoms with van der Waals surface area (Å²) in [5.74, 6) is 0.987. The summed E-state index contributed by atoms with van der Waals surface area (Å²) in [6.45, 7) is 0.377. The quantitative estimate of drug-likeness (QED) is 0.451. The van der Waals surface area contributed by atoms with Crippen molar-refractivity contribution in [2.75, 3.05) is 19.6 Å². The molecule has 0 fully saturated rings. The molecule has 0 aliphatic rings. The number of methoxy groups -OCH3 is 1. The van der Waals surface area contributed by atoms with Gasteiger partial charge in [0, 0.05) is 5.88 Å². The standard InChI is InChI=1S/C14H20ClNO3/c1-18-12-6-4-11(5-7-12)10-13(16)14(17)19-9-3-2-8-15/h4-7,13H,2-3,8-10,16H2,1H3. The van der Waals surface area contributed by atoms with Gasteiger partial charge in [0.2, 0.25) is 0 Å². The predicted molar refractivity (Wildman–Crippen MR) is 75.6 cm³/mol. The van der Waals surface area contributed by atoms with Gasteiger partial charge in [-0.2, -0.15) is 0 Å². The lowest BCUT2D eigenvalue weighted by atomic mass is 10.1. The van der Waals surface area contributed by atoms with E-state index in [2.05, 4.69) is 0 Å². The fourth-order valence-corrected chi connectivity index (χ4v) is 1.76. The average molecular weight is 286 g/mol. The van der Waals surface area contributed by atoms with Gasteiger partial charge in [0.1, 0.15) is 11.8 Å². The molecule has 4 nitrogen and oxygen atoms in total. The molecular weight excluding hydrogens is 266 g/mol. The van der Waals surface area contributed by atoms with Crippen LogP contribution in [0, 0.1) is 0 Å². The third-order valence-electron chi connectivity index (χ3n) is 2.69. The van der Waals surface area contributed by atoms with Crippen molar-refractivity contribution in [3.63, 3.8) is 0 Å². The molecule has 0 amide bonds. The molecule has 0 radical (unpaired) electrons. The van der Waals surface area contributed by atoms with Crippen molar-refractivity contribution in [3.05, 3.63) is 29.8 Å². The number of unbranched alkanes of at least 4 members (excludes halogenated alkanes) is 1. The van der Waals surface area contributed by atoms with Gasteiger partial charge in [-0.15, -0.1) is 11.6 Å². The minimum atomic E-state index is -0.635. The van der Waals surface area contributed by atoms with E-state index >= 15 is 0 Å². The van der Waals surface area contributed by atoms with Gasteiger partial charge >= 0.3 is 5.97 Å². The highest BCUT2D eigenvalue weighted by Gasteiger charge is 2.15. The number of halogens is 1. The molecule has 0 spiro atoms. The summed E-state index contributed by atoms with van der Waals surface area (Å²) in [5.41, 5.74) is 6.78. The van der Waals surface area contributed by atoms with Crippen LogP contribution in [0.2, 0.25) is 0 Å². The first-order valence-electron chi connectivity index (χ1n) is 6.28. The number of carbonyl (C=O) groups is 1. The number of esters is 1. The Kier molecular flexibility index (Phi) is 7.30. The Hall–Kier alpha value is -1.26. The van der Waals surface area contributed by atoms with Gasteiger partial charge in [0.15, 0.2) is 0 Å². The van der Waals surface area contributed by atoms with Gasteiger partial charge in [-0.1, -0.05) is 12.1 Å². The highest BCUT2D eigenvalue weighted by atomic mass is 35.5. The zero-order valence-electron chi connectivity index (χ0n) is 11.1. The van der Waals surface area contributed by atoms with Crippen molar-refractivity contribution in [2.24, 2.45) is 5.73 Å². The maximum Gasteiger partial charge on any atom is 0.323 e. The number of benzene rings is 1. The van der Waals surface area contributed by atoms with E-state index in [1.807, 2.05) is 24.3 Å². The van der Waals surface area contributed by atoms with Crippen molar-refractivity contribution in [1.82, 2.24) is 0 Å². The molecular formula is C14H20ClNO3. The lowest BCUT2D eigenvalue weighted by Gasteiger charge is -2.11. The first-order valence-corrected chi connectivity index (χ1v) is 6.82. The van der Waals surface area contributed by atoms with E-state index < -0.39 is 6.04 Å². The van der Waals surface area contributed by atoms with E-state index in [1.165, 1.54) is 0 Å². The van der Waals surface area contributed by atoms with E-state index in [0.29, 0.717) is 18.9 Å². The lowest BCUT2D eigenvalue weighted by Crippen LogP contribution is -2.34. The summed E-state index contributed by atoms with van der Waals surface area (Å²) in [4.78, 5) is 11.6. The van der Waals surface area contributed by atoms with Crippen LogP contribution in [0.15, 0.2) is 24.3 Å². The number of hydrogen-bond acceptors (Lipinski definition) is 4. The number of nitrogens with two attached hydrogens (primary N) is 1. The summed E-state index contributed by atoms with van der Waals surface area (Å²) in [6, 6.07) is 6.82. The molecule has 0 saturated carbocycles. The van der Waals surface area contributed by atoms with Crippen molar-refractivity contribution in [1.29, 1.82) is 0 Å². The molecule has 1 aromatic carbocycles. The Morgan fingerprint density at radius 3 is 2.58 bits per heavy atom. The fraction of sp³-hybridized carbons (Fsp3) is 0.500. The molecule has 19 heavy (non-hydrogen) atoms. The highest BCUT2D eigenvalue weighted by molar-refractivity contribution is 6.17. The normalized spacial score (nSPS) is 11.9. The molecule has 0 saturated heterocycles. The summed E-state index contributed by atoms with van der Waals surface area (Å²) in [5, 5.41) is 0. The topological polar surface area (TPSA) is 61.5 Å². The van der Waals surface area contributed by atoms with Crippen molar-refractivity contribution >= 4 is 17.6 Å². The smallest absolute Gasteiger partial charge is 0.323 e. The van der Waals surface area contributed by atoms with E-state index in [0.717, 1.165) is 24.2 Å². The van der Waals surface area contributed by atoms with Gasteiger partial charge in [0.25, 0.3) is 0 Å². The largest absolute Gasteiger partial charge is 0.497 e.